The number of methoxy groups -OCH3 is 1. The van der Waals surface area contributed by atoms with Gasteiger partial charge in [-0.05, 0) is 30.4 Å². The molecule has 1 aliphatic carbocycles. The van der Waals surface area contributed by atoms with E-state index in [2.05, 4.69) is 4.74 Å². The molecule has 16 heavy (non-hydrogen) atoms. The molecule has 0 saturated carbocycles. The highest BCUT2D eigenvalue weighted by atomic mass is 16.5. The molecule has 0 radical (unpaired) electrons. The Bertz CT molecular complexity index is 459. The molecule has 86 valence electrons. The summed E-state index contributed by atoms with van der Waals surface area (Å²) in [5.74, 6) is 0.427. The van der Waals surface area contributed by atoms with Crippen molar-refractivity contribution in [3.8, 4) is 0 Å². The van der Waals surface area contributed by atoms with Gasteiger partial charge < -0.3 is 9.15 Å². The first-order valence-electron chi connectivity index (χ1n) is 5.42. The Hall–Kier alpha value is -1.58. The van der Waals surface area contributed by atoms with Crippen molar-refractivity contribution in [3.63, 3.8) is 0 Å². The average molecular weight is 222 g/mol. The maximum atomic E-state index is 11.3. The molecule has 1 aliphatic rings. The molecule has 0 atom stereocenters. The van der Waals surface area contributed by atoms with Gasteiger partial charge in [0.15, 0.2) is 0 Å². The highest BCUT2D eigenvalue weighted by Gasteiger charge is 2.18. The maximum Gasteiger partial charge on any atom is 0.336 e. The van der Waals surface area contributed by atoms with Crippen molar-refractivity contribution in [1.82, 2.24) is 0 Å². The summed E-state index contributed by atoms with van der Waals surface area (Å²) in [4.78, 5) is 22.5. The van der Waals surface area contributed by atoms with E-state index in [1.54, 1.807) is 0 Å². The molecule has 0 aromatic carbocycles. The largest absolute Gasteiger partial charge is 0.469 e. The first-order valence-corrected chi connectivity index (χ1v) is 5.42. The van der Waals surface area contributed by atoms with Gasteiger partial charge in [-0.15, -0.1) is 0 Å². The van der Waals surface area contributed by atoms with Crippen LogP contribution in [0, 0.1) is 0 Å². The number of hydrogen-bond acceptors (Lipinski definition) is 4. The molecule has 0 unspecified atom stereocenters. The fourth-order valence-corrected chi connectivity index (χ4v) is 2.10. The van der Waals surface area contributed by atoms with Crippen LogP contribution in [0.5, 0.6) is 0 Å². The van der Waals surface area contributed by atoms with Crippen LogP contribution in [0.4, 0.5) is 0 Å². The van der Waals surface area contributed by atoms with Crippen molar-refractivity contribution in [3.05, 3.63) is 33.4 Å². The molecular formula is C12H14O4. The van der Waals surface area contributed by atoms with E-state index in [4.69, 9.17) is 4.42 Å². The molecule has 2 rings (SSSR count). The van der Waals surface area contributed by atoms with Crippen molar-refractivity contribution < 1.29 is 13.9 Å². The number of carbonyl (C=O) groups is 1. The van der Waals surface area contributed by atoms with Gasteiger partial charge in [0.2, 0.25) is 0 Å². The highest BCUT2D eigenvalue weighted by molar-refractivity contribution is 5.72. The second-order valence-corrected chi connectivity index (χ2v) is 3.95. The van der Waals surface area contributed by atoms with Crippen LogP contribution in [0.2, 0.25) is 0 Å². The van der Waals surface area contributed by atoms with Crippen molar-refractivity contribution >= 4 is 5.97 Å². The van der Waals surface area contributed by atoms with Crippen LogP contribution in [-0.2, 0) is 28.8 Å². The Balaban J connectivity index is 2.39. The summed E-state index contributed by atoms with van der Waals surface area (Å²) in [6.45, 7) is 0. The van der Waals surface area contributed by atoms with Crippen LogP contribution >= 0.6 is 0 Å². The number of fused-ring (bicyclic) bond motifs is 1. The zero-order chi connectivity index (χ0) is 11.5. The third kappa shape index (κ3) is 2.15. The predicted octanol–water partition coefficient (Wildman–Crippen LogP) is 1.23. The first-order chi connectivity index (χ1) is 7.70. The number of ether oxygens (including phenoxy) is 1. The molecule has 4 nitrogen and oxygen atoms in total. The van der Waals surface area contributed by atoms with Gasteiger partial charge in [-0.25, -0.2) is 4.79 Å². The normalized spacial score (nSPS) is 14.3. The van der Waals surface area contributed by atoms with Gasteiger partial charge in [0, 0.05) is 12.5 Å². The van der Waals surface area contributed by atoms with Crippen molar-refractivity contribution in [2.75, 3.05) is 7.11 Å². The molecule has 0 aliphatic heterocycles. The molecule has 0 N–H and O–H groups in total. The van der Waals surface area contributed by atoms with Gasteiger partial charge in [0.1, 0.15) is 5.76 Å². The Labute approximate surface area is 93.2 Å². The number of rotatable bonds is 2. The lowest BCUT2D eigenvalue weighted by atomic mass is 9.92. The van der Waals surface area contributed by atoms with Crippen molar-refractivity contribution in [1.29, 1.82) is 0 Å². The number of carbonyl (C=O) groups excluding carboxylic acids is 1. The van der Waals surface area contributed by atoms with E-state index in [9.17, 15) is 9.59 Å². The van der Waals surface area contributed by atoms with E-state index < -0.39 is 0 Å². The van der Waals surface area contributed by atoms with Crippen molar-refractivity contribution in [2.24, 2.45) is 0 Å². The SMILES string of the molecule is COC(=O)Cc1cc(=O)oc2c1CCCC2. The quantitative estimate of drug-likeness (QED) is 0.706. The fraction of sp³-hybridized carbons (Fsp3) is 0.500. The fourth-order valence-electron chi connectivity index (χ4n) is 2.10. The summed E-state index contributed by atoms with van der Waals surface area (Å²) in [5, 5.41) is 0. The second-order valence-electron chi connectivity index (χ2n) is 3.95. The molecule has 4 heteroatoms. The predicted molar refractivity (Wildman–Crippen MR) is 57.3 cm³/mol. The minimum Gasteiger partial charge on any atom is -0.469 e. The summed E-state index contributed by atoms with van der Waals surface area (Å²) in [5.41, 5.74) is 1.41. The summed E-state index contributed by atoms with van der Waals surface area (Å²) in [6.07, 6.45) is 3.95. The average Bonchev–Trinajstić information content (AvgIpc) is 2.28. The highest BCUT2D eigenvalue weighted by Crippen LogP contribution is 2.23. The molecule has 1 aromatic heterocycles. The smallest absolute Gasteiger partial charge is 0.336 e. The van der Waals surface area contributed by atoms with Crippen molar-refractivity contribution in [2.45, 2.75) is 32.1 Å². The minimum absolute atomic E-state index is 0.157. The molecule has 1 aromatic rings. The summed E-state index contributed by atoms with van der Waals surface area (Å²) >= 11 is 0. The lowest BCUT2D eigenvalue weighted by Crippen LogP contribution is -2.15. The molecule has 0 fully saturated rings. The van der Waals surface area contributed by atoms with E-state index in [0.29, 0.717) is 0 Å². The summed E-state index contributed by atoms with van der Waals surface area (Å²) in [6, 6.07) is 1.40. The van der Waals surface area contributed by atoms with Gasteiger partial charge in [-0.2, -0.15) is 0 Å². The van der Waals surface area contributed by atoms with E-state index in [1.807, 2.05) is 0 Å². The molecule has 1 heterocycles. The summed E-state index contributed by atoms with van der Waals surface area (Å²) < 4.78 is 9.76. The van der Waals surface area contributed by atoms with Gasteiger partial charge in [-0.1, -0.05) is 0 Å². The number of hydrogen-bond donors (Lipinski definition) is 0. The van der Waals surface area contributed by atoms with Crippen LogP contribution in [0.1, 0.15) is 29.7 Å². The van der Waals surface area contributed by atoms with Crippen LogP contribution in [0.3, 0.4) is 0 Å². The second kappa shape index (κ2) is 4.51. The zero-order valence-corrected chi connectivity index (χ0v) is 9.25. The van der Waals surface area contributed by atoms with E-state index >= 15 is 0 Å². The molecule has 0 amide bonds. The van der Waals surface area contributed by atoms with E-state index in [-0.39, 0.29) is 18.0 Å². The van der Waals surface area contributed by atoms with Crippen LogP contribution < -0.4 is 5.63 Å². The Kier molecular flexibility index (Phi) is 3.08. The third-order valence-corrected chi connectivity index (χ3v) is 2.88. The third-order valence-electron chi connectivity index (χ3n) is 2.88. The van der Waals surface area contributed by atoms with Crippen LogP contribution in [0.25, 0.3) is 0 Å². The minimum atomic E-state index is -0.375. The Morgan fingerprint density at radius 3 is 2.94 bits per heavy atom. The Morgan fingerprint density at radius 1 is 1.44 bits per heavy atom. The lowest BCUT2D eigenvalue weighted by molar-refractivity contribution is -0.139. The van der Waals surface area contributed by atoms with Crippen LogP contribution in [0.15, 0.2) is 15.3 Å². The topological polar surface area (TPSA) is 56.5 Å². The monoisotopic (exact) mass is 222 g/mol. The van der Waals surface area contributed by atoms with Gasteiger partial charge in [-0.3, -0.25) is 4.79 Å². The van der Waals surface area contributed by atoms with E-state index in [0.717, 1.165) is 42.6 Å². The standard InChI is InChI=1S/C12H14O4/c1-15-11(13)6-8-7-12(14)16-10-5-3-2-4-9(8)10/h7H,2-6H2,1H3. The Morgan fingerprint density at radius 2 is 2.19 bits per heavy atom. The van der Waals surface area contributed by atoms with E-state index in [1.165, 1.54) is 13.2 Å². The molecule has 0 saturated heterocycles. The van der Waals surface area contributed by atoms with Gasteiger partial charge in [0.05, 0.1) is 13.5 Å². The zero-order valence-electron chi connectivity index (χ0n) is 9.25. The molecule has 0 bridgehead atoms. The van der Waals surface area contributed by atoms with Crippen LogP contribution in [-0.4, -0.2) is 13.1 Å². The maximum absolute atomic E-state index is 11.3. The van der Waals surface area contributed by atoms with Gasteiger partial charge in [0.25, 0.3) is 0 Å². The molecule has 0 spiro atoms. The summed E-state index contributed by atoms with van der Waals surface area (Å²) in [7, 11) is 1.35. The number of esters is 1. The van der Waals surface area contributed by atoms with Gasteiger partial charge >= 0.3 is 11.6 Å². The first kappa shape index (κ1) is 10.9. The lowest BCUT2D eigenvalue weighted by Gasteiger charge is -2.16. The molecular weight excluding hydrogens is 208 g/mol. The number of aryl methyl sites for hydroxylation is 1.